The lowest BCUT2D eigenvalue weighted by Gasteiger charge is -2.24. The van der Waals surface area contributed by atoms with Crippen molar-refractivity contribution in [3.05, 3.63) is 52.8 Å². The van der Waals surface area contributed by atoms with Gasteiger partial charge in [0.2, 0.25) is 0 Å². The molecule has 3 rings (SSSR count). The molecule has 1 aromatic heterocycles. The normalized spacial score (nSPS) is 10.9. The van der Waals surface area contributed by atoms with Gasteiger partial charge in [-0.05, 0) is 49.8 Å². The number of likely N-dealkylation sites (N-methyl/N-ethyl adjacent to an activating group) is 1. The van der Waals surface area contributed by atoms with Gasteiger partial charge < -0.3 is 9.64 Å². The Hall–Kier alpha value is -1.93. The number of carbonyl (C=O) groups excluding carboxylic acids is 1. The van der Waals surface area contributed by atoms with E-state index < -0.39 is 5.82 Å². The Morgan fingerprint density at radius 2 is 1.87 bits per heavy atom. The molecule has 168 valence electrons. The van der Waals surface area contributed by atoms with Crippen LogP contribution < -0.4 is 9.64 Å². The summed E-state index contributed by atoms with van der Waals surface area (Å²) in [4.78, 5) is 21.6. The Morgan fingerprint density at radius 3 is 2.55 bits per heavy atom. The number of thiazole rings is 1. The fraction of sp³-hybridized carbons (Fsp3) is 0.364. The molecule has 0 atom stereocenters. The van der Waals surface area contributed by atoms with E-state index in [0.717, 1.165) is 28.9 Å². The molecular weight excluding hydrogens is 460 g/mol. The summed E-state index contributed by atoms with van der Waals surface area (Å²) < 4.78 is 20.3. The number of rotatable bonds is 9. The van der Waals surface area contributed by atoms with E-state index in [0.29, 0.717) is 23.2 Å². The molecule has 1 heterocycles. The van der Waals surface area contributed by atoms with E-state index in [1.807, 2.05) is 19.1 Å². The zero-order valence-electron chi connectivity index (χ0n) is 17.7. The number of aromatic nitrogens is 1. The molecule has 5 nitrogen and oxygen atoms in total. The highest BCUT2D eigenvalue weighted by molar-refractivity contribution is 7.22. The van der Waals surface area contributed by atoms with Crippen LogP contribution in [0.25, 0.3) is 10.2 Å². The predicted molar refractivity (Wildman–Crippen MR) is 129 cm³/mol. The molecule has 0 fully saturated rings. The lowest BCUT2D eigenvalue weighted by molar-refractivity contribution is -0.120. The number of anilines is 1. The number of carbonyl (C=O) groups is 1. The molecule has 0 aliphatic carbocycles. The predicted octanol–water partition coefficient (Wildman–Crippen LogP) is 5.57. The van der Waals surface area contributed by atoms with Gasteiger partial charge in [-0.3, -0.25) is 9.69 Å². The molecular formula is C22H26Cl2FN3O2S. The smallest absolute Gasteiger partial charge is 0.266 e. The van der Waals surface area contributed by atoms with Gasteiger partial charge in [-0.1, -0.05) is 48.9 Å². The van der Waals surface area contributed by atoms with E-state index in [2.05, 4.69) is 23.7 Å². The molecule has 3 aromatic rings. The first-order chi connectivity index (χ1) is 14.4. The van der Waals surface area contributed by atoms with Crippen molar-refractivity contribution in [1.29, 1.82) is 0 Å². The summed E-state index contributed by atoms with van der Waals surface area (Å²) in [6, 6.07) is 9.80. The van der Waals surface area contributed by atoms with Crippen molar-refractivity contribution in [1.82, 2.24) is 9.88 Å². The van der Waals surface area contributed by atoms with Crippen LogP contribution in [0.1, 0.15) is 19.4 Å². The van der Waals surface area contributed by atoms with Crippen LogP contribution in [0.3, 0.4) is 0 Å². The standard InChI is InChI=1S/C22H25ClFN3O2S.ClH/c1-4-26(5-2)12-13-27(20(28)14-29-18-9-7-6-8-17(18)24)22-25-21-15(3)16(23)10-11-19(21)30-22;/h6-11H,4-5,12-14H2,1-3H3;1H. The van der Waals surface area contributed by atoms with E-state index in [9.17, 15) is 9.18 Å². The van der Waals surface area contributed by atoms with Crippen LogP contribution in [0.4, 0.5) is 9.52 Å². The van der Waals surface area contributed by atoms with E-state index in [1.165, 1.54) is 23.5 Å². The Bertz CT molecular complexity index is 1030. The van der Waals surface area contributed by atoms with Gasteiger partial charge in [-0.25, -0.2) is 9.37 Å². The first-order valence-corrected chi connectivity index (χ1v) is 11.1. The molecule has 0 radical (unpaired) electrons. The largest absolute Gasteiger partial charge is 0.481 e. The number of nitrogens with zero attached hydrogens (tertiary/aromatic N) is 3. The number of fused-ring (bicyclic) bond motifs is 1. The molecule has 0 bridgehead atoms. The molecule has 0 aliphatic rings. The van der Waals surface area contributed by atoms with Crippen LogP contribution in [-0.2, 0) is 4.79 Å². The number of halogens is 3. The van der Waals surface area contributed by atoms with Gasteiger partial charge in [-0.15, -0.1) is 12.4 Å². The summed E-state index contributed by atoms with van der Waals surface area (Å²) in [5.74, 6) is -0.708. The highest BCUT2D eigenvalue weighted by atomic mass is 35.5. The van der Waals surface area contributed by atoms with Crippen LogP contribution in [0.5, 0.6) is 5.75 Å². The van der Waals surface area contributed by atoms with Crippen LogP contribution >= 0.6 is 35.3 Å². The van der Waals surface area contributed by atoms with Crippen molar-refractivity contribution in [2.45, 2.75) is 20.8 Å². The summed E-state index contributed by atoms with van der Waals surface area (Å²) in [5, 5.41) is 1.23. The fourth-order valence-electron chi connectivity index (χ4n) is 3.09. The quantitative estimate of drug-likeness (QED) is 0.397. The lowest BCUT2D eigenvalue weighted by Crippen LogP contribution is -2.41. The summed E-state index contributed by atoms with van der Waals surface area (Å²) in [6.07, 6.45) is 0. The van der Waals surface area contributed by atoms with E-state index in [-0.39, 0.29) is 30.7 Å². The number of para-hydroxylation sites is 1. The average Bonchev–Trinajstić information content (AvgIpc) is 3.18. The van der Waals surface area contributed by atoms with Gasteiger partial charge in [0.25, 0.3) is 5.91 Å². The van der Waals surface area contributed by atoms with Gasteiger partial charge >= 0.3 is 0 Å². The molecule has 0 aliphatic heterocycles. The first-order valence-electron chi connectivity index (χ1n) is 9.90. The number of amides is 1. The maximum Gasteiger partial charge on any atom is 0.266 e. The summed E-state index contributed by atoms with van der Waals surface area (Å²) in [7, 11) is 0. The minimum Gasteiger partial charge on any atom is -0.481 e. The van der Waals surface area contributed by atoms with Crippen LogP contribution in [0.15, 0.2) is 36.4 Å². The zero-order chi connectivity index (χ0) is 21.7. The van der Waals surface area contributed by atoms with E-state index in [1.54, 1.807) is 17.0 Å². The molecule has 1 amide bonds. The average molecular weight is 486 g/mol. The molecule has 0 saturated heterocycles. The second-order valence-corrected chi connectivity index (χ2v) is 8.22. The minimum atomic E-state index is -0.495. The maximum atomic E-state index is 13.9. The highest BCUT2D eigenvalue weighted by Gasteiger charge is 2.22. The third-order valence-electron chi connectivity index (χ3n) is 4.99. The van der Waals surface area contributed by atoms with Crippen LogP contribution in [-0.4, -0.2) is 48.6 Å². The topological polar surface area (TPSA) is 45.7 Å². The lowest BCUT2D eigenvalue weighted by atomic mass is 10.2. The summed E-state index contributed by atoms with van der Waals surface area (Å²) in [6.45, 7) is 8.76. The Kier molecular flexibility index (Phi) is 9.50. The second kappa shape index (κ2) is 11.6. The van der Waals surface area contributed by atoms with Gasteiger partial charge in [0.05, 0.1) is 10.2 Å². The maximum absolute atomic E-state index is 13.9. The van der Waals surface area contributed by atoms with Gasteiger partial charge in [-0.2, -0.15) is 0 Å². The number of benzene rings is 2. The van der Waals surface area contributed by atoms with Crippen molar-refractivity contribution in [2.24, 2.45) is 0 Å². The molecule has 31 heavy (non-hydrogen) atoms. The highest BCUT2D eigenvalue weighted by Crippen LogP contribution is 2.33. The van der Waals surface area contributed by atoms with Gasteiger partial charge in [0.15, 0.2) is 23.3 Å². The minimum absolute atomic E-state index is 0. The Balaban J connectivity index is 0.00000341. The number of hydrogen-bond donors (Lipinski definition) is 0. The van der Waals surface area contributed by atoms with E-state index >= 15 is 0 Å². The molecule has 0 N–H and O–H groups in total. The van der Waals surface area contributed by atoms with Crippen LogP contribution in [0, 0.1) is 12.7 Å². The molecule has 9 heteroatoms. The molecule has 0 saturated carbocycles. The van der Waals surface area contributed by atoms with Gasteiger partial charge in [0.1, 0.15) is 0 Å². The Labute approximate surface area is 197 Å². The van der Waals surface area contributed by atoms with Crippen LogP contribution in [0.2, 0.25) is 5.02 Å². The molecule has 0 spiro atoms. The third-order valence-corrected chi connectivity index (χ3v) is 6.44. The van der Waals surface area contributed by atoms with E-state index in [4.69, 9.17) is 16.3 Å². The van der Waals surface area contributed by atoms with Crippen molar-refractivity contribution >= 4 is 56.6 Å². The number of aryl methyl sites for hydroxylation is 1. The van der Waals surface area contributed by atoms with Crippen molar-refractivity contribution in [3.8, 4) is 5.75 Å². The van der Waals surface area contributed by atoms with Crippen molar-refractivity contribution in [3.63, 3.8) is 0 Å². The number of hydrogen-bond acceptors (Lipinski definition) is 5. The van der Waals surface area contributed by atoms with Gasteiger partial charge in [0, 0.05) is 18.1 Å². The molecule has 2 aromatic carbocycles. The third kappa shape index (κ3) is 6.07. The van der Waals surface area contributed by atoms with Crippen molar-refractivity contribution < 1.29 is 13.9 Å². The van der Waals surface area contributed by atoms with Crippen molar-refractivity contribution in [2.75, 3.05) is 37.7 Å². The summed E-state index contributed by atoms with van der Waals surface area (Å²) in [5.41, 5.74) is 1.67. The molecule has 0 unspecified atom stereocenters. The zero-order valence-corrected chi connectivity index (χ0v) is 20.1. The first kappa shape index (κ1) is 25.3. The number of ether oxygens (including phenoxy) is 1. The Morgan fingerprint density at radius 1 is 1.16 bits per heavy atom. The second-order valence-electron chi connectivity index (χ2n) is 6.81. The fourth-order valence-corrected chi connectivity index (χ4v) is 4.31. The monoisotopic (exact) mass is 485 g/mol. The SMILES string of the molecule is CCN(CC)CCN(C(=O)COc1ccccc1F)c1nc2c(C)c(Cl)ccc2s1.Cl. The summed E-state index contributed by atoms with van der Waals surface area (Å²) >= 11 is 7.67.